The quantitative estimate of drug-likeness (QED) is 0.716. The highest BCUT2D eigenvalue weighted by atomic mass is 15.2. The van der Waals surface area contributed by atoms with Gasteiger partial charge in [0.15, 0.2) is 0 Å². The number of nitrogens with two attached hydrogens (primary N) is 2. The number of aromatic nitrogens is 3. The summed E-state index contributed by atoms with van der Waals surface area (Å²) in [5.41, 5.74) is 13.7. The molecule has 0 radical (unpaired) electrons. The Labute approximate surface area is 131 Å². The maximum atomic E-state index is 5.71. The SMILES string of the molecule is CN(CCCCc1cccnc1)c1nc(N)ncc1CCN. The predicted octanol–water partition coefficient (Wildman–Crippen LogP) is 1.41. The van der Waals surface area contributed by atoms with Crippen LogP contribution in [-0.4, -0.2) is 35.1 Å². The monoisotopic (exact) mass is 300 g/mol. The van der Waals surface area contributed by atoms with Crippen molar-refractivity contribution in [2.24, 2.45) is 5.73 Å². The zero-order valence-electron chi connectivity index (χ0n) is 13.1. The summed E-state index contributed by atoms with van der Waals surface area (Å²) in [5, 5.41) is 0. The number of hydrogen-bond acceptors (Lipinski definition) is 6. The van der Waals surface area contributed by atoms with Gasteiger partial charge in [-0.25, -0.2) is 4.98 Å². The van der Waals surface area contributed by atoms with E-state index in [1.54, 1.807) is 12.4 Å². The molecule has 22 heavy (non-hydrogen) atoms. The van der Waals surface area contributed by atoms with Crippen LogP contribution in [-0.2, 0) is 12.8 Å². The van der Waals surface area contributed by atoms with Crippen molar-refractivity contribution >= 4 is 11.8 Å². The van der Waals surface area contributed by atoms with Crippen LogP contribution in [0.4, 0.5) is 11.8 Å². The van der Waals surface area contributed by atoms with Gasteiger partial charge in [-0.2, -0.15) is 4.98 Å². The van der Waals surface area contributed by atoms with Gasteiger partial charge in [-0.3, -0.25) is 4.98 Å². The molecule has 4 N–H and O–H groups in total. The number of rotatable bonds is 8. The van der Waals surface area contributed by atoms with Crippen molar-refractivity contribution in [1.82, 2.24) is 15.0 Å². The molecule has 2 rings (SSSR count). The maximum Gasteiger partial charge on any atom is 0.221 e. The van der Waals surface area contributed by atoms with Crippen LogP contribution in [0.15, 0.2) is 30.7 Å². The lowest BCUT2D eigenvalue weighted by atomic mass is 10.1. The van der Waals surface area contributed by atoms with E-state index in [-0.39, 0.29) is 0 Å². The van der Waals surface area contributed by atoms with Crippen LogP contribution in [0.5, 0.6) is 0 Å². The second-order valence-corrected chi connectivity index (χ2v) is 5.36. The highest BCUT2D eigenvalue weighted by Crippen LogP contribution is 2.18. The molecule has 0 saturated heterocycles. The van der Waals surface area contributed by atoms with Gasteiger partial charge in [-0.1, -0.05) is 6.07 Å². The summed E-state index contributed by atoms with van der Waals surface area (Å²) in [6.07, 6.45) is 9.50. The molecule has 6 heteroatoms. The van der Waals surface area contributed by atoms with Crippen LogP contribution >= 0.6 is 0 Å². The summed E-state index contributed by atoms with van der Waals surface area (Å²) in [4.78, 5) is 14.7. The van der Waals surface area contributed by atoms with Gasteiger partial charge in [-0.05, 0) is 43.9 Å². The van der Waals surface area contributed by atoms with Gasteiger partial charge in [0.2, 0.25) is 5.95 Å². The first kappa shape index (κ1) is 16.2. The van der Waals surface area contributed by atoms with E-state index in [9.17, 15) is 0 Å². The third-order valence-corrected chi connectivity index (χ3v) is 3.57. The zero-order chi connectivity index (χ0) is 15.8. The molecule has 2 aromatic rings. The topological polar surface area (TPSA) is 94.0 Å². The summed E-state index contributed by atoms with van der Waals surface area (Å²) in [6.45, 7) is 1.50. The van der Waals surface area contributed by atoms with Crippen molar-refractivity contribution < 1.29 is 0 Å². The van der Waals surface area contributed by atoms with Crippen molar-refractivity contribution in [3.8, 4) is 0 Å². The second kappa shape index (κ2) is 8.29. The predicted molar refractivity (Wildman–Crippen MR) is 89.6 cm³/mol. The molecule has 0 amide bonds. The highest BCUT2D eigenvalue weighted by molar-refractivity contribution is 5.48. The molecule has 2 aromatic heterocycles. The Morgan fingerprint density at radius 1 is 1.18 bits per heavy atom. The van der Waals surface area contributed by atoms with Crippen LogP contribution < -0.4 is 16.4 Å². The standard InChI is InChI=1S/C16H24N6/c1-22(10-3-2-5-13-6-4-9-19-11-13)15-14(7-8-17)12-20-16(18)21-15/h4,6,9,11-12H,2-3,5,7-8,10,17H2,1H3,(H2,18,20,21). The number of unbranched alkanes of at least 4 members (excludes halogenated alkanes) is 1. The van der Waals surface area contributed by atoms with E-state index >= 15 is 0 Å². The Morgan fingerprint density at radius 2 is 2.05 bits per heavy atom. The molecular formula is C16H24N6. The van der Waals surface area contributed by atoms with E-state index in [1.807, 2.05) is 19.3 Å². The molecule has 6 nitrogen and oxygen atoms in total. The third-order valence-electron chi connectivity index (χ3n) is 3.57. The lowest BCUT2D eigenvalue weighted by Crippen LogP contribution is -2.23. The molecule has 2 heterocycles. The van der Waals surface area contributed by atoms with Gasteiger partial charge in [0, 0.05) is 37.7 Å². The fraction of sp³-hybridized carbons (Fsp3) is 0.438. The van der Waals surface area contributed by atoms with Crippen molar-refractivity contribution in [1.29, 1.82) is 0 Å². The number of pyridine rings is 1. The smallest absolute Gasteiger partial charge is 0.221 e. The second-order valence-electron chi connectivity index (χ2n) is 5.36. The van der Waals surface area contributed by atoms with Crippen LogP contribution in [0.25, 0.3) is 0 Å². The Hall–Kier alpha value is -2.21. The van der Waals surface area contributed by atoms with E-state index in [2.05, 4.69) is 25.9 Å². The van der Waals surface area contributed by atoms with E-state index < -0.39 is 0 Å². The van der Waals surface area contributed by atoms with Crippen molar-refractivity contribution in [2.45, 2.75) is 25.7 Å². The van der Waals surface area contributed by atoms with Crippen molar-refractivity contribution in [2.75, 3.05) is 30.8 Å². The van der Waals surface area contributed by atoms with Gasteiger partial charge in [0.1, 0.15) is 5.82 Å². The summed E-state index contributed by atoms with van der Waals surface area (Å²) in [6, 6.07) is 4.09. The molecule has 118 valence electrons. The molecular weight excluding hydrogens is 276 g/mol. The molecule has 0 spiro atoms. The maximum absolute atomic E-state index is 5.71. The van der Waals surface area contributed by atoms with Crippen molar-refractivity contribution in [3.05, 3.63) is 41.9 Å². The minimum Gasteiger partial charge on any atom is -0.368 e. The van der Waals surface area contributed by atoms with Crippen LogP contribution in [0.1, 0.15) is 24.0 Å². The zero-order valence-corrected chi connectivity index (χ0v) is 13.1. The third kappa shape index (κ3) is 4.66. The number of nitrogen functional groups attached to an aromatic ring is 1. The van der Waals surface area contributed by atoms with E-state index in [4.69, 9.17) is 11.5 Å². The van der Waals surface area contributed by atoms with E-state index in [1.165, 1.54) is 5.56 Å². The molecule has 0 atom stereocenters. The van der Waals surface area contributed by atoms with Crippen LogP contribution in [0.3, 0.4) is 0 Å². The average Bonchev–Trinajstić information content (AvgIpc) is 2.54. The number of nitrogens with zero attached hydrogens (tertiary/aromatic N) is 4. The lowest BCUT2D eigenvalue weighted by Gasteiger charge is -2.21. The number of aryl methyl sites for hydroxylation is 1. The fourth-order valence-corrected chi connectivity index (χ4v) is 2.40. The normalized spacial score (nSPS) is 10.6. The van der Waals surface area contributed by atoms with Crippen molar-refractivity contribution in [3.63, 3.8) is 0 Å². The minimum absolute atomic E-state index is 0.304. The fourth-order valence-electron chi connectivity index (χ4n) is 2.40. The molecule has 0 aliphatic rings. The average molecular weight is 300 g/mol. The van der Waals surface area contributed by atoms with E-state index in [0.717, 1.165) is 43.6 Å². The van der Waals surface area contributed by atoms with Gasteiger partial charge in [-0.15, -0.1) is 0 Å². The van der Waals surface area contributed by atoms with Gasteiger partial charge >= 0.3 is 0 Å². The Kier molecular flexibility index (Phi) is 6.09. The van der Waals surface area contributed by atoms with Gasteiger partial charge in [0.05, 0.1) is 0 Å². The molecule has 0 unspecified atom stereocenters. The van der Waals surface area contributed by atoms with Crippen LogP contribution in [0.2, 0.25) is 0 Å². The summed E-state index contributed by atoms with van der Waals surface area (Å²) in [5.74, 6) is 1.19. The van der Waals surface area contributed by atoms with E-state index in [0.29, 0.717) is 12.5 Å². The molecule has 0 fully saturated rings. The van der Waals surface area contributed by atoms with Gasteiger partial charge in [0.25, 0.3) is 0 Å². The molecule has 0 aliphatic heterocycles. The summed E-state index contributed by atoms with van der Waals surface area (Å²) >= 11 is 0. The number of hydrogen-bond donors (Lipinski definition) is 2. The summed E-state index contributed by atoms with van der Waals surface area (Å²) < 4.78 is 0. The van der Waals surface area contributed by atoms with Crippen LogP contribution in [0, 0.1) is 0 Å². The molecule has 0 saturated carbocycles. The molecule has 0 aromatic carbocycles. The first-order valence-corrected chi connectivity index (χ1v) is 7.62. The lowest BCUT2D eigenvalue weighted by molar-refractivity contribution is 0.710. The van der Waals surface area contributed by atoms with Gasteiger partial charge < -0.3 is 16.4 Å². The highest BCUT2D eigenvalue weighted by Gasteiger charge is 2.10. The molecule has 0 aliphatic carbocycles. The minimum atomic E-state index is 0.304. The first-order valence-electron chi connectivity index (χ1n) is 7.62. The Balaban J connectivity index is 1.86. The number of anilines is 2. The largest absolute Gasteiger partial charge is 0.368 e. The molecule has 0 bridgehead atoms. The Bertz CT molecular complexity index is 572. The first-order chi connectivity index (χ1) is 10.7. The summed E-state index contributed by atoms with van der Waals surface area (Å²) in [7, 11) is 2.03. The Morgan fingerprint density at radius 3 is 2.77 bits per heavy atom.